The van der Waals surface area contributed by atoms with E-state index in [2.05, 4.69) is 0 Å². The van der Waals surface area contributed by atoms with Crippen LogP contribution in [0.4, 0.5) is 22.7 Å². The smallest absolute Gasteiger partial charge is 0.150 e. The lowest BCUT2D eigenvalue weighted by molar-refractivity contribution is 0.471. The molecule has 0 fully saturated rings. The molecular formula is C12H14N4O2. The van der Waals surface area contributed by atoms with Gasteiger partial charge in [0.1, 0.15) is 11.4 Å². The number of hydrogen-bond donors (Lipinski definition) is 6. The van der Waals surface area contributed by atoms with Gasteiger partial charge in [0.2, 0.25) is 0 Å². The third-order valence-electron chi connectivity index (χ3n) is 2.81. The molecule has 0 aliphatic carbocycles. The van der Waals surface area contributed by atoms with Gasteiger partial charge in [-0.15, -0.1) is 0 Å². The Morgan fingerprint density at radius 3 is 1.89 bits per heavy atom. The highest BCUT2D eigenvalue weighted by molar-refractivity contribution is 6.02. The van der Waals surface area contributed by atoms with Crippen molar-refractivity contribution in [3.63, 3.8) is 0 Å². The van der Waals surface area contributed by atoms with Crippen LogP contribution in [0.2, 0.25) is 0 Å². The van der Waals surface area contributed by atoms with Crippen LogP contribution in [-0.4, -0.2) is 10.2 Å². The van der Waals surface area contributed by atoms with Crippen LogP contribution < -0.4 is 22.9 Å². The van der Waals surface area contributed by atoms with Gasteiger partial charge in [0.15, 0.2) is 5.75 Å². The van der Waals surface area contributed by atoms with Gasteiger partial charge in [-0.3, -0.25) is 0 Å². The van der Waals surface area contributed by atoms with E-state index in [4.69, 9.17) is 22.9 Å². The molecule has 2 rings (SSSR count). The van der Waals surface area contributed by atoms with Crippen LogP contribution in [0, 0.1) is 0 Å². The maximum Gasteiger partial charge on any atom is 0.150 e. The van der Waals surface area contributed by atoms with E-state index in [0.717, 1.165) is 0 Å². The molecule has 6 heteroatoms. The first-order chi connectivity index (χ1) is 8.45. The molecule has 0 saturated heterocycles. The van der Waals surface area contributed by atoms with Crippen molar-refractivity contribution in [2.75, 3.05) is 22.9 Å². The third kappa shape index (κ3) is 1.51. The highest BCUT2D eigenvalue weighted by atomic mass is 16.3. The summed E-state index contributed by atoms with van der Waals surface area (Å²) in [5.74, 6) is -0.330. The maximum absolute atomic E-state index is 10.0. The van der Waals surface area contributed by atoms with Crippen LogP contribution in [0.5, 0.6) is 11.5 Å². The number of hydrogen-bond acceptors (Lipinski definition) is 6. The summed E-state index contributed by atoms with van der Waals surface area (Å²) >= 11 is 0. The molecular weight excluding hydrogens is 232 g/mol. The molecule has 6 nitrogen and oxygen atoms in total. The summed E-state index contributed by atoms with van der Waals surface area (Å²) < 4.78 is 0. The minimum atomic E-state index is -0.291. The minimum absolute atomic E-state index is 0.0316. The van der Waals surface area contributed by atoms with Crippen LogP contribution >= 0.6 is 0 Å². The molecule has 10 N–H and O–H groups in total. The van der Waals surface area contributed by atoms with E-state index >= 15 is 0 Å². The highest BCUT2D eigenvalue weighted by Gasteiger charge is 2.20. The predicted molar refractivity (Wildman–Crippen MR) is 72.9 cm³/mol. The van der Waals surface area contributed by atoms with E-state index in [-0.39, 0.29) is 39.8 Å². The summed E-state index contributed by atoms with van der Waals surface area (Å²) in [6, 6.07) is 6.40. The molecule has 0 spiro atoms. The number of phenolic OH excluding ortho intramolecular Hbond substituents is 2. The van der Waals surface area contributed by atoms with Crippen molar-refractivity contribution in [3.05, 3.63) is 24.3 Å². The molecule has 0 radical (unpaired) electrons. The fourth-order valence-electron chi connectivity index (χ4n) is 1.77. The molecule has 0 unspecified atom stereocenters. The fraction of sp³-hybridized carbons (Fsp3) is 0. The minimum Gasteiger partial charge on any atom is -0.507 e. The molecule has 0 heterocycles. The van der Waals surface area contributed by atoms with E-state index in [0.29, 0.717) is 5.56 Å². The second kappa shape index (κ2) is 3.92. The Kier molecular flexibility index (Phi) is 2.55. The van der Waals surface area contributed by atoms with Crippen molar-refractivity contribution >= 4 is 22.7 Å². The first-order valence-electron chi connectivity index (χ1n) is 5.18. The third-order valence-corrected chi connectivity index (χ3v) is 2.81. The largest absolute Gasteiger partial charge is 0.507 e. The Balaban J connectivity index is 2.85. The Morgan fingerprint density at radius 2 is 1.28 bits per heavy atom. The van der Waals surface area contributed by atoms with Gasteiger partial charge in [0, 0.05) is 5.56 Å². The number of nitrogens with two attached hydrogens (primary N) is 4. The van der Waals surface area contributed by atoms with Crippen molar-refractivity contribution in [2.45, 2.75) is 0 Å². The molecule has 2 aromatic carbocycles. The second-order valence-electron chi connectivity index (χ2n) is 3.90. The second-order valence-corrected chi connectivity index (χ2v) is 3.90. The maximum atomic E-state index is 10.0. The van der Waals surface area contributed by atoms with Gasteiger partial charge in [0.25, 0.3) is 0 Å². The molecule has 2 aromatic rings. The van der Waals surface area contributed by atoms with Gasteiger partial charge in [-0.05, 0) is 6.07 Å². The van der Waals surface area contributed by atoms with E-state index in [1.807, 2.05) is 0 Å². The van der Waals surface area contributed by atoms with E-state index in [9.17, 15) is 10.2 Å². The quantitative estimate of drug-likeness (QED) is 0.252. The number of nitrogen functional groups attached to an aromatic ring is 4. The van der Waals surface area contributed by atoms with Crippen LogP contribution in [0.1, 0.15) is 0 Å². The zero-order valence-electron chi connectivity index (χ0n) is 9.51. The molecule has 18 heavy (non-hydrogen) atoms. The molecule has 0 aromatic heterocycles. The Hall–Kier alpha value is -2.76. The number of rotatable bonds is 1. The fourth-order valence-corrected chi connectivity index (χ4v) is 1.77. The van der Waals surface area contributed by atoms with Crippen molar-refractivity contribution in [1.29, 1.82) is 0 Å². The van der Waals surface area contributed by atoms with E-state index in [1.165, 1.54) is 6.07 Å². The molecule has 0 saturated carbocycles. The summed E-state index contributed by atoms with van der Waals surface area (Å²) in [6.45, 7) is 0. The van der Waals surface area contributed by atoms with Gasteiger partial charge >= 0.3 is 0 Å². The number of anilines is 4. The predicted octanol–water partition coefficient (Wildman–Crippen LogP) is 1.09. The highest BCUT2D eigenvalue weighted by Crippen LogP contribution is 2.48. The lowest BCUT2D eigenvalue weighted by atomic mass is 9.98. The Morgan fingerprint density at radius 1 is 0.722 bits per heavy atom. The zero-order chi connectivity index (χ0) is 13.4. The molecule has 0 atom stereocenters. The van der Waals surface area contributed by atoms with E-state index < -0.39 is 0 Å². The van der Waals surface area contributed by atoms with Crippen LogP contribution in [0.15, 0.2) is 24.3 Å². The summed E-state index contributed by atoms with van der Waals surface area (Å²) in [4.78, 5) is 0. The van der Waals surface area contributed by atoms with Gasteiger partial charge in [-0.1, -0.05) is 18.2 Å². The van der Waals surface area contributed by atoms with Crippen LogP contribution in [0.3, 0.4) is 0 Å². The van der Waals surface area contributed by atoms with Crippen molar-refractivity contribution in [1.82, 2.24) is 0 Å². The average Bonchev–Trinajstić information content (AvgIpc) is 2.36. The van der Waals surface area contributed by atoms with Crippen molar-refractivity contribution in [2.24, 2.45) is 0 Å². The molecule has 0 amide bonds. The van der Waals surface area contributed by atoms with Gasteiger partial charge in [-0.2, -0.15) is 0 Å². The number of benzene rings is 2. The SMILES string of the molecule is Nc1c(N)c(N)c(-c2ccccc2O)c(O)c1N. The van der Waals surface area contributed by atoms with Crippen LogP contribution in [-0.2, 0) is 0 Å². The topological polar surface area (TPSA) is 145 Å². The average molecular weight is 246 g/mol. The van der Waals surface area contributed by atoms with E-state index in [1.54, 1.807) is 18.2 Å². The molecule has 94 valence electrons. The summed E-state index contributed by atoms with van der Waals surface area (Å²) in [5, 5.41) is 19.8. The zero-order valence-corrected chi connectivity index (χ0v) is 9.51. The number of phenols is 2. The molecule has 0 aliphatic heterocycles. The lowest BCUT2D eigenvalue weighted by Crippen LogP contribution is -2.06. The number of para-hydroxylation sites is 1. The molecule has 0 aliphatic rings. The van der Waals surface area contributed by atoms with Gasteiger partial charge < -0.3 is 33.1 Å². The summed E-state index contributed by atoms with van der Waals surface area (Å²) in [5.41, 5.74) is 23.5. The van der Waals surface area contributed by atoms with Gasteiger partial charge in [-0.25, -0.2) is 0 Å². The normalized spacial score (nSPS) is 10.4. The number of aromatic hydroxyl groups is 2. The van der Waals surface area contributed by atoms with Crippen molar-refractivity contribution in [3.8, 4) is 22.6 Å². The first kappa shape index (κ1) is 11.7. The standard InChI is InChI=1S/C12H14N4O2/c13-8-7(5-3-1-2-4-6(5)17)12(18)11(16)10(15)9(8)14/h1-4,17-18H,13-16H2. The summed E-state index contributed by atoms with van der Waals surface area (Å²) in [6.07, 6.45) is 0. The van der Waals surface area contributed by atoms with Gasteiger partial charge in [0.05, 0.1) is 22.6 Å². The summed E-state index contributed by atoms with van der Waals surface area (Å²) in [7, 11) is 0. The van der Waals surface area contributed by atoms with Crippen molar-refractivity contribution < 1.29 is 10.2 Å². The Labute approximate surface area is 103 Å². The lowest BCUT2D eigenvalue weighted by Gasteiger charge is -2.16. The molecule has 0 bridgehead atoms. The first-order valence-corrected chi connectivity index (χ1v) is 5.18. The Bertz CT molecular complexity index is 597. The van der Waals surface area contributed by atoms with Crippen LogP contribution in [0.25, 0.3) is 11.1 Å². The monoisotopic (exact) mass is 246 g/mol.